The van der Waals surface area contributed by atoms with E-state index < -0.39 is 24.3 Å². The van der Waals surface area contributed by atoms with E-state index in [1.54, 1.807) is 0 Å². The fourth-order valence-electron chi connectivity index (χ4n) is 0.253. The summed E-state index contributed by atoms with van der Waals surface area (Å²) in [7, 11) is 0. The topological polar surface area (TPSA) is 72.8 Å². The average molecular weight is 183 g/mol. The highest BCUT2D eigenvalue weighted by molar-refractivity contribution is 6.29. The first-order valence-corrected chi connectivity index (χ1v) is 3.14. The lowest BCUT2D eigenvalue weighted by molar-refractivity contribution is -0.151. The van der Waals surface area contributed by atoms with Crippen LogP contribution < -0.4 is 0 Å². The summed E-state index contributed by atoms with van der Waals surface area (Å²) < 4.78 is 8.12. The number of ether oxygens (including phenoxy) is 2. The number of carbonyl (C=O) groups excluding carboxylic acids is 1. The lowest BCUT2D eigenvalue weighted by Gasteiger charge is -2.03. The van der Waals surface area contributed by atoms with Crippen LogP contribution in [0.2, 0.25) is 0 Å². The number of hydrogen-bond acceptors (Lipinski definition) is 4. The van der Waals surface area contributed by atoms with Crippen LogP contribution in [0.4, 0.5) is 4.79 Å². The molecule has 0 fully saturated rings. The van der Waals surface area contributed by atoms with Gasteiger partial charge in [0.05, 0.1) is 0 Å². The van der Waals surface area contributed by atoms with E-state index in [0.717, 1.165) is 0 Å². The summed E-state index contributed by atoms with van der Waals surface area (Å²) in [6, 6.07) is 0. The minimum atomic E-state index is -1.50. The van der Waals surface area contributed by atoms with Gasteiger partial charge >= 0.3 is 12.1 Å². The Morgan fingerprint density at radius 3 is 2.45 bits per heavy atom. The largest absolute Gasteiger partial charge is 0.508 e. The molecule has 64 valence electrons. The van der Waals surface area contributed by atoms with Crippen LogP contribution in [0, 0.1) is 0 Å². The van der Waals surface area contributed by atoms with E-state index in [-0.39, 0.29) is 0 Å². The predicted octanol–water partition coefficient (Wildman–Crippen LogP) is 0.809. The molecule has 0 heterocycles. The van der Waals surface area contributed by atoms with Crippen LogP contribution in [0.5, 0.6) is 0 Å². The zero-order valence-corrected chi connectivity index (χ0v) is 6.50. The molecule has 6 heteroatoms. The van der Waals surface area contributed by atoms with Crippen LogP contribution in [0.15, 0.2) is 0 Å². The fraction of sp³-hybridized carbons (Fsp3) is 0.600. The first-order chi connectivity index (χ1) is 5.04. The number of esters is 1. The Bertz CT molecular complexity index is 155. The zero-order chi connectivity index (χ0) is 8.85. The van der Waals surface area contributed by atoms with Gasteiger partial charge in [-0.05, 0) is 6.92 Å². The summed E-state index contributed by atoms with van der Waals surface area (Å²) in [5.41, 5.74) is 0. The molecule has 1 unspecified atom stereocenters. The molecule has 11 heavy (non-hydrogen) atoms. The van der Waals surface area contributed by atoms with Gasteiger partial charge in [0, 0.05) is 0 Å². The van der Waals surface area contributed by atoms with Crippen molar-refractivity contribution in [2.75, 3.05) is 6.79 Å². The third-order valence-corrected chi connectivity index (χ3v) is 0.887. The molecular formula is C5H7ClO5. The second-order valence-corrected chi connectivity index (χ2v) is 2.26. The molecule has 1 N–H and O–H groups in total. The van der Waals surface area contributed by atoms with Gasteiger partial charge in [0.1, 0.15) is 5.38 Å². The average Bonchev–Trinajstić information content (AvgIpc) is 1.86. The number of alkyl halides is 1. The maximum absolute atomic E-state index is 10.5. The number of hydrogen-bond donors (Lipinski definition) is 1. The van der Waals surface area contributed by atoms with Gasteiger partial charge in [-0.1, -0.05) is 0 Å². The van der Waals surface area contributed by atoms with Crippen LogP contribution in [-0.4, -0.2) is 29.4 Å². The number of carboxylic acid groups (broad SMARTS) is 1. The van der Waals surface area contributed by atoms with Gasteiger partial charge in [0.25, 0.3) is 0 Å². The van der Waals surface area contributed by atoms with Gasteiger partial charge in [-0.2, -0.15) is 0 Å². The second-order valence-electron chi connectivity index (χ2n) is 1.61. The highest BCUT2D eigenvalue weighted by Crippen LogP contribution is 1.96. The SMILES string of the molecule is CC(Cl)C(=O)OCOC(=O)O. The Morgan fingerprint density at radius 1 is 1.55 bits per heavy atom. The molecule has 5 nitrogen and oxygen atoms in total. The smallest absolute Gasteiger partial charge is 0.450 e. The summed E-state index contributed by atoms with van der Waals surface area (Å²) in [4.78, 5) is 20.2. The first-order valence-electron chi connectivity index (χ1n) is 2.70. The standard InChI is InChI=1S/C5H7ClO5/c1-3(6)4(7)10-2-11-5(8)9/h3H,2H2,1H3,(H,8,9). The monoisotopic (exact) mass is 182 g/mol. The molecule has 0 aromatic heterocycles. The molecule has 1 atom stereocenters. The van der Waals surface area contributed by atoms with Crippen molar-refractivity contribution in [2.24, 2.45) is 0 Å². The van der Waals surface area contributed by atoms with Crippen molar-refractivity contribution >= 4 is 23.7 Å². The zero-order valence-electron chi connectivity index (χ0n) is 5.74. The van der Waals surface area contributed by atoms with Gasteiger partial charge in [0.15, 0.2) is 0 Å². The quantitative estimate of drug-likeness (QED) is 0.397. The van der Waals surface area contributed by atoms with Crippen LogP contribution in [0.3, 0.4) is 0 Å². The van der Waals surface area contributed by atoms with Gasteiger partial charge in [-0.3, -0.25) is 4.79 Å². The first kappa shape index (κ1) is 10.0. The maximum Gasteiger partial charge on any atom is 0.508 e. The molecule has 0 radical (unpaired) electrons. The van der Waals surface area contributed by atoms with Crippen molar-refractivity contribution in [3.8, 4) is 0 Å². The minimum Gasteiger partial charge on any atom is -0.450 e. The third kappa shape index (κ3) is 5.47. The van der Waals surface area contributed by atoms with E-state index in [2.05, 4.69) is 9.47 Å². The molecule has 0 spiro atoms. The molecule has 0 saturated carbocycles. The predicted molar refractivity (Wildman–Crippen MR) is 35.4 cm³/mol. The summed E-state index contributed by atoms with van der Waals surface area (Å²) in [6.45, 7) is 0.788. The molecule has 0 bridgehead atoms. The normalized spacial score (nSPS) is 11.8. The molecule has 0 aliphatic heterocycles. The molecule has 0 aromatic rings. The Hall–Kier alpha value is -0.970. The van der Waals surface area contributed by atoms with E-state index in [1.165, 1.54) is 6.92 Å². The van der Waals surface area contributed by atoms with Crippen LogP contribution >= 0.6 is 11.6 Å². The number of carbonyl (C=O) groups is 2. The van der Waals surface area contributed by atoms with E-state index in [0.29, 0.717) is 0 Å². The Labute approximate surface area is 67.8 Å². The maximum atomic E-state index is 10.5. The molecule has 0 aromatic carbocycles. The lowest BCUT2D eigenvalue weighted by atomic mass is 10.5. The van der Waals surface area contributed by atoms with Crippen molar-refractivity contribution in [2.45, 2.75) is 12.3 Å². The van der Waals surface area contributed by atoms with E-state index in [9.17, 15) is 9.59 Å². The lowest BCUT2D eigenvalue weighted by Crippen LogP contribution is -2.17. The van der Waals surface area contributed by atoms with E-state index in [4.69, 9.17) is 16.7 Å². The summed E-state index contributed by atoms with van der Waals surface area (Å²) in [5.74, 6) is -0.715. The highest BCUT2D eigenvalue weighted by Gasteiger charge is 2.10. The fourth-order valence-corrected chi connectivity index (χ4v) is 0.316. The number of halogens is 1. The third-order valence-electron chi connectivity index (χ3n) is 0.708. The highest BCUT2D eigenvalue weighted by atomic mass is 35.5. The van der Waals surface area contributed by atoms with Crippen molar-refractivity contribution in [3.05, 3.63) is 0 Å². The molecule has 0 aliphatic carbocycles. The Morgan fingerprint density at radius 2 is 2.09 bits per heavy atom. The summed E-state index contributed by atoms with van der Waals surface area (Å²) in [5, 5.41) is 7.12. The molecular weight excluding hydrogens is 176 g/mol. The number of rotatable bonds is 3. The van der Waals surface area contributed by atoms with E-state index in [1.807, 2.05) is 0 Å². The van der Waals surface area contributed by atoms with Crippen LogP contribution in [-0.2, 0) is 14.3 Å². The molecule has 0 amide bonds. The van der Waals surface area contributed by atoms with Gasteiger partial charge in [0.2, 0.25) is 6.79 Å². The van der Waals surface area contributed by atoms with Crippen molar-refractivity contribution in [1.29, 1.82) is 0 Å². The van der Waals surface area contributed by atoms with Crippen molar-refractivity contribution in [1.82, 2.24) is 0 Å². The summed E-state index contributed by atoms with van der Waals surface area (Å²) in [6.07, 6.45) is -1.50. The van der Waals surface area contributed by atoms with Crippen LogP contribution in [0.1, 0.15) is 6.92 Å². The minimum absolute atomic E-state index is 0.620. The summed E-state index contributed by atoms with van der Waals surface area (Å²) >= 11 is 5.27. The molecule has 0 saturated heterocycles. The molecule has 0 aliphatic rings. The van der Waals surface area contributed by atoms with Gasteiger partial charge in [-0.25, -0.2) is 4.79 Å². The van der Waals surface area contributed by atoms with Gasteiger partial charge < -0.3 is 14.6 Å². The van der Waals surface area contributed by atoms with Crippen molar-refractivity contribution < 1.29 is 24.2 Å². The van der Waals surface area contributed by atoms with Gasteiger partial charge in [-0.15, -0.1) is 11.6 Å². The molecule has 0 rings (SSSR count). The second kappa shape index (κ2) is 4.79. The van der Waals surface area contributed by atoms with E-state index >= 15 is 0 Å². The Kier molecular flexibility index (Phi) is 4.36. The Balaban J connectivity index is 3.39. The van der Waals surface area contributed by atoms with Crippen LogP contribution in [0.25, 0.3) is 0 Å². The van der Waals surface area contributed by atoms with Crippen molar-refractivity contribution in [3.63, 3.8) is 0 Å².